The van der Waals surface area contributed by atoms with Crippen LogP contribution >= 0.6 is 0 Å². The lowest BCUT2D eigenvalue weighted by Gasteiger charge is -2.48. The predicted molar refractivity (Wildman–Crippen MR) is 420 cm³/mol. The Labute approximate surface area is 634 Å². The van der Waals surface area contributed by atoms with Crippen LogP contribution in [0, 0.1) is 0 Å². The summed E-state index contributed by atoms with van der Waals surface area (Å²) >= 11 is 0. The third-order valence-corrected chi connectivity index (χ3v) is 20.3. The first-order chi connectivity index (χ1) is 51.3. The van der Waals surface area contributed by atoms with Gasteiger partial charge in [-0.2, -0.15) is 0 Å². The second-order valence-corrected chi connectivity index (χ2v) is 29.5. The van der Waals surface area contributed by atoms with Crippen LogP contribution in [-0.2, 0) is 33.2 Å². The Balaban J connectivity index is 1.38. The zero-order valence-corrected chi connectivity index (χ0v) is 65.2. The van der Waals surface area contributed by atoms with Crippen LogP contribution in [0.4, 0.5) is 0 Å². The van der Waals surface area contributed by atoms with Gasteiger partial charge in [0.05, 0.1) is 38.6 Å². The number of allylic oxidation sites excluding steroid dienone is 15. The molecule has 1 amide bonds. The molecule has 0 radical (unpaired) electrons. The number of amides is 1. The van der Waals surface area contributed by atoms with Crippen LogP contribution < -0.4 is 5.32 Å². The van der Waals surface area contributed by atoms with E-state index in [1.165, 1.54) is 186 Å². The van der Waals surface area contributed by atoms with E-state index < -0.39 is 124 Å². The van der Waals surface area contributed by atoms with Crippen molar-refractivity contribution in [1.29, 1.82) is 0 Å². The number of hydrogen-bond donors (Lipinski definition) is 12. The van der Waals surface area contributed by atoms with Crippen molar-refractivity contribution in [3.8, 4) is 0 Å². The number of carbonyl (C=O) groups is 1. The Bertz CT molecular complexity index is 2270. The van der Waals surface area contributed by atoms with E-state index in [1.54, 1.807) is 6.08 Å². The first kappa shape index (κ1) is 95.9. The predicted octanol–water partition coefficient (Wildman–Crippen LogP) is 14.7. The molecule has 17 atom stereocenters. The molecule has 3 aliphatic rings. The minimum atomic E-state index is -1.99. The summed E-state index contributed by atoms with van der Waals surface area (Å²) in [5.41, 5.74) is 0. The molecule has 3 heterocycles. The van der Waals surface area contributed by atoms with Gasteiger partial charge in [0.15, 0.2) is 18.9 Å². The molecule has 0 bridgehead atoms. The van der Waals surface area contributed by atoms with Gasteiger partial charge >= 0.3 is 0 Å². The summed E-state index contributed by atoms with van der Waals surface area (Å²) in [5, 5.41) is 121. The van der Waals surface area contributed by atoms with Gasteiger partial charge in [0.1, 0.15) is 73.2 Å². The molecule has 0 aliphatic carbocycles. The second-order valence-electron chi connectivity index (χ2n) is 29.5. The van der Waals surface area contributed by atoms with Gasteiger partial charge in [-0.05, 0) is 89.9 Å². The van der Waals surface area contributed by atoms with Crippen LogP contribution in [0.1, 0.15) is 309 Å². The summed E-state index contributed by atoms with van der Waals surface area (Å²) in [6.07, 6.45) is 62.6. The minimum absolute atomic E-state index is 0.226. The van der Waals surface area contributed by atoms with E-state index in [2.05, 4.69) is 104 Å². The number of rotatable bonds is 66. The highest BCUT2D eigenvalue weighted by Gasteiger charge is 2.54. The quantitative estimate of drug-likeness (QED) is 0.0199. The van der Waals surface area contributed by atoms with E-state index in [-0.39, 0.29) is 18.9 Å². The number of aliphatic hydroxyl groups excluding tert-OH is 11. The van der Waals surface area contributed by atoms with E-state index in [0.29, 0.717) is 12.8 Å². The molecule has 0 spiro atoms. The van der Waals surface area contributed by atoms with Crippen molar-refractivity contribution in [2.24, 2.45) is 0 Å². The number of nitrogens with one attached hydrogen (secondary N) is 1. The average Bonchev–Trinajstić information content (AvgIpc) is 0.781. The maximum Gasteiger partial charge on any atom is 0.220 e. The summed E-state index contributed by atoms with van der Waals surface area (Å²) in [6.45, 7) is 1.63. The molecule has 3 saturated heterocycles. The summed E-state index contributed by atoms with van der Waals surface area (Å²) in [4.78, 5) is 13.5. The Morgan fingerprint density at radius 2 is 0.667 bits per heavy atom. The Morgan fingerprint density at radius 1 is 0.352 bits per heavy atom. The van der Waals surface area contributed by atoms with Gasteiger partial charge in [-0.25, -0.2) is 0 Å². The molecule has 17 unspecified atom stereocenters. The Morgan fingerprint density at radius 3 is 1.07 bits per heavy atom. The SMILES string of the molecule is CC/C=C\C/C=C\C/C=C\C/C=C\C/C=C\CCCCCCCCCCCCCCCC(=O)NC(COC1OC(CO)C(OC2OC(CO)C(OC3OC(CO)C(O)C(O)C3O)C(O)C2O)C(O)C1O)C(O)/C=C/CC/C=C/CC/C=C/CCCCCCCCCCCCCCCCCCCCCCC. The van der Waals surface area contributed by atoms with Crippen molar-refractivity contribution in [2.75, 3.05) is 26.4 Å². The molecule has 19 nitrogen and oxygen atoms in total. The standard InChI is InChI=1S/C86H151NO18/c1-3-5-7-9-11-13-15-17-19-21-23-25-27-29-31-33-34-36-37-39-41-43-45-47-49-51-53-55-57-59-61-63-70(91)69(87-74(92)64-62-60-58-56-54-52-50-48-46-44-42-40-38-35-32-30-28-26-24-22-20-18-16-14-12-10-8-6-4-2)68-100-84-80(98)77(95)82(72(66-89)102-84)105-86-81(99)78(96)83(73(67-90)103-86)104-85-79(97)76(94)75(93)71(65-88)101-85/h6,8,12,14,18,20,24,26,30,32,45,47,53,55,61,63,69-73,75-86,88-91,93-99H,3-5,7,9-11,13,15-17,19,21-23,25,27-29,31,33-44,46,48-52,54,56-60,62,64-68H2,1-2H3,(H,87,92)/b8-6-,14-12-,20-18-,26-24-,32-30-,47-45+,55-53+,63-61+. The molecule has 3 fully saturated rings. The average molecular weight is 1490 g/mol. The van der Waals surface area contributed by atoms with E-state index in [1.807, 2.05) is 6.08 Å². The van der Waals surface area contributed by atoms with Gasteiger partial charge in [-0.1, -0.05) is 310 Å². The van der Waals surface area contributed by atoms with Gasteiger partial charge in [0.25, 0.3) is 0 Å². The first-order valence-corrected chi connectivity index (χ1v) is 42.0. The van der Waals surface area contributed by atoms with Crippen LogP contribution in [0.15, 0.2) is 97.2 Å². The third-order valence-electron chi connectivity index (χ3n) is 20.3. The highest BCUT2D eigenvalue weighted by molar-refractivity contribution is 5.76. The lowest BCUT2D eigenvalue weighted by atomic mass is 9.96. The summed E-state index contributed by atoms with van der Waals surface area (Å²) in [6, 6.07) is -1.01. The topological polar surface area (TPSA) is 307 Å². The number of carbonyl (C=O) groups excluding carboxylic acids is 1. The van der Waals surface area contributed by atoms with E-state index >= 15 is 0 Å². The Kier molecular flexibility index (Phi) is 59.8. The number of hydrogen-bond acceptors (Lipinski definition) is 18. The summed E-state index contributed by atoms with van der Waals surface area (Å²) in [5.74, 6) is -0.291. The van der Waals surface area contributed by atoms with Crippen molar-refractivity contribution >= 4 is 5.91 Å². The monoisotopic (exact) mass is 1490 g/mol. The van der Waals surface area contributed by atoms with Crippen LogP contribution in [0.3, 0.4) is 0 Å². The molecule has 105 heavy (non-hydrogen) atoms. The Hall–Kier alpha value is -3.29. The zero-order valence-electron chi connectivity index (χ0n) is 65.2. The summed E-state index contributed by atoms with van der Waals surface area (Å²) in [7, 11) is 0. The molecule has 3 aliphatic heterocycles. The van der Waals surface area contributed by atoms with Crippen LogP contribution in [-0.4, -0.2) is 193 Å². The van der Waals surface area contributed by atoms with Crippen LogP contribution in [0.2, 0.25) is 0 Å². The van der Waals surface area contributed by atoms with E-state index in [0.717, 1.165) is 89.9 Å². The van der Waals surface area contributed by atoms with Gasteiger partial charge in [-0.3, -0.25) is 4.79 Å². The second kappa shape index (κ2) is 65.4. The normalized spacial score (nSPS) is 26.3. The maximum absolute atomic E-state index is 13.5. The zero-order chi connectivity index (χ0) is 76.0. The van der Waals surface area contributed by atoms with E-state index in [9.17, 15) is 61.0 Å². The molecule has 0 aromatic rings. The summed E-state index contributed by atoms with van der Waals surface area (Å²) < 4.78 is 34.5. The van der Waals surface area contributed by atoms with Gasteiger partial charge in [0.2, 0.25) is 5.91 Å². The number of aliphatic hydroxyl groups is 11. The lowest BCUT2D eigenvalue weighted by molar-refractivity contribution is -0.379. The molecule has 3 rings (SSSR count). The molecule has 0 aromatic heterocycles. The number of ether oxygens (including phenoxy) is 6. The molecular formula is C86H151NO18. The van der Waals surface area contributed by atoms with Crippen molar-refractivity contribution in [2.45, 2.75) is 413 Å². The highest BCUT2D eigenvalue weighted by atomic mass is 16.8. The molecule has 19 heteroatoms. The number of unbranched alkanes of at least 4 members (excludes halogenated alkanes) is 36. The first-order valence-electron chi connectivity index (χ1n) is 42.0. The molecule has 0 aromatic carbocycles. The lowest BCUT2D eigenvalue weighted by Crippen LogP contribution is -2.66. The fourth-order valence-corrected chi connectivity index (χ4v) is 13.7. The van der Waals surface area contributed by atoms with Crippen LogP contribution in [0.5, 0.6) is 0 Å². The molecule has 0 saturated carbocycles. The van der Waals surface area contributed by atoms with Crippen molar-refractivity contribution in [3.05, 3.63) is 97.2 Å². The highest BCUT2D eigenvalue weighted by Crippen LogP contribution is 2.33. The molecule has 608 valence electrons. The van der Waals surface area contributed by atoms with Gasteiger partial charge in [-0.15, -0.1) is 0 Å². The van der Waals surface area contributed by atoms with Gasteiger partial charge < -0.3 is 89.9 Å². The fraction of sp³-hybridized carbons (Fsp3) is 0.802. The van der Waals surface area contributed by atoms with E-state index in [4.69, 9.17) is 28.4 Å². The maximum atomic E-state index is 13.5. The van der Waals surface area contributed by atoms with Crippen molar-refractivity contribution < 1.29 is 89.4 Å². The van der Waals surface area contributed by atoms with Crippen molar-refractivity contribution in [1.82, 2.24) is 5.32 Å². The third kappa shape index (κ3) is 45.0. The van der Waals surface area contributed by atoms with Crippen molar-refractivity contribution in [3.63, 3.8) is 0 Å². The molecule has 12 N–H and O–H groups in total. The van der Waals surface area contributed by atoms with Gasteiger partial charge in [0, 0.05) is 6.42 Å². The fourth-order valence-electron chi connectivity index (χ4n) is 13.7. The largest absolute Gasteiger partial charge is 0.394 e. The minimum Gasteiger partial charge on any atom is -0.394 e. The molecular weight excluding hydrogens is 1330 g/mol. The smallest absolute Gasteiger partial charge is 0.220 e. The van der Waals surface area contributed by atoms with Crippen LogP contribution in [0.25, 0.3) is 0 Å².